The lowest BCUT2D eigenvalue weighted by atomic mass is 10.1. The average molecular weight is 415 g/mol. The van der Waals surface area contributed by atoms with Crippen LogP contribution in [0.1, 0.15) is 24.5 Å². The number of para-hydroxylation sites is 1. The van der Waals surface area contributed by atoms with Gasteiger partial charge in [0.05, 0.1) is 18.6 Å². The number of methoxy groups -OCH3 is 1. The molecule has 8 heteroatoms. The van der Waals surface area contributed by atoms with Gasteiger partial charge in [0.15, 0.2) is 5.96 Å². The van der Waals surface area contributed by atoms with Gasteiger partial charge in [0, 0.05) is 38.4 Å². The lowest BCUT2D eigenvalue weighted by molar-refractivity contribution is -0.384. The summed E-state index contributed by atoms with van der Waals surface area (Å²) >= 11 is 0. The number of nitro benzene ring substituents is 1. The Morgan fingerprint density at radius 1 is 1.10 bits per heavy atom. The number of non-ortho nitro benzene ring substituents is 1. The summed E-state index contributed by atoms with van der Waals surface area (Å²) in [6, 6.07) is 14.4. The van der Waals surface area contributed by atoms with Crippen molar-refractivity contribution >= 4 is 11.6 Å². The molecule has 0 bridgehead atoms. The first-order valence-electron chi connectivity index (χ1n) is 10.1. The number of hydrogen-bond acceptors (Lipinski definition) is 5. The first-order valence-corrected chi connectivity index (χ1v) is 10.1. The second-order valence-corrected chi connectivity index (χ2v) is 6.55. The minimum absolute atomic E-state index is 0.0759. The molecule has 2 aromatic rings. The maximum absolute atomic E-state index is 10.8. The minimum atomic E-state index is -0.405. The van der Waals surface area contributed by atoms with E-state index < -0.39 is 4.92 Å². The molecule has 0 unspecified atom stereocenters. The molecule has 0 aliphatic carbocycles. The molecular formula is C22H30N4O4. The smallest absolute Gasteiger partial charge is 0.269 e. The summed E-state index contributed by atoms with van der Waals surface area (Å²) in [5.74, 6) is 1.56. The molecule has 8 nitrogen and oxygen atoms in total. The van der Waals surface area contributed by atoms with Gasteiger partial charge < -0.3 is 20.1 Å². The molecule has 0 saturated carbocycles. The summed E-state index contributed by atoms with van der Waals surface area (Å²) in [7, 11) is 1.67. The van der Waals surface area contributed by atoms with Crippen LogP contribution in [0, 0.1) is 10.1 Å². The van der Waals surface area contributed by atoms with Crippen molar-refractivity contribution in [3.05, 3.63) is 69.8 Å². The molecule has 0 aromatic heterocycles. The molecule has 0 aliphatic rings. The predicted octanol–water partition coefficient (Wildman–Crippen LogP) is 3.31. The molecule has 2 rings (SSSR count). The number of aliphatic imine (C=N–C) groups is 1. The fourth-order valence-electron chi connectivity index (χ4n) is 2.82. The highest BCUT2D eigenvalue weighted by atomic mass is 16.6. The quantitative estimate of drug-likeness (QED) is 0.182. The van der Waals surface area contributed by atoms with Crippen LogP contribution in [-0.4, -0.2) is 44.3 Å². The number of nitrogens with one attached hydrogen (secondary N) is 2. The number of benzene rings is 2. The van der Waals surface area contributed by atoms with Crippen LogP contribution in [-0.2, 0) is 17.7 Å². The van der Waals surface area contributed by atoms with Crippen molar-refractivity contribution in [2.24, 2.45) is 4.99 Å². The zero-order valence-electron chi connectivity index (χ0n) is 17.6. The predicted molar refractivity (Wildman–Crippen MR) is 118 cm³/mol. The summed E-state index contributed by atoms with van der Waals surface area (Å²) in [6.07, 6.45) is 1.67. The molecule has 0 spiro atoms. The second kappa shape index (κ2) is 13.2. The number of nitro groups is 1. The average Bonchev–Trinajstić information content (AvgIpc) is 2.77. The summed E-state index contributed by atoms with van der Waals surface area (Å²) in [5.41, 5.74) is 2.10. The van der Waals surface area contributed by atoms with Crippen LogP contribution in [0.5, 0.6) is 5.75 Å². The number of rotatable bonds is 12. The summed E-state index contributed by atoms with van der Waals surface area (Å²) in [5, 5.41) is 17.4. The third-order valence-electron chi connectivity index (χ3n) is 4.41. The van der Waals surface area contributed by atoms with Gasteiger partial charge in [-0.25, -0.2) is 4.99 Å². The summed E-state index contributed by atoms with van der Waals surface area (Å²) in [4.78, 5) is 15.0. The maximum atomic E-state index is 10.8. The standard InChI is InChI=1S/C22H30N4O4/c1-3-30-16-6-14-23-22(24-15-13-19-7-4-5-8-21(19)29-2)25-17-18-9-11-20(12-10-18)26(27)28/h4-5,7-12H,3,6,13-17H2,1-2H3,(H2,23,24,25). The second-order valence-electron chi connectivity index (χ2n) is 6.55. The van der Waals surface area contributed by atoms with E-state index in [1.54, 1.807) is 19.2 Å². The van der Waals surface area contributed by atoms with E-state index in [0.717, 1.165) is 36.3 Å². The van der Waals surface area contributed by atoms with E-state index in [2.05, 4.69) is 15.6 Å². The Balaban J connectivity index is 1.94. The fraction of sp³-hybridized carbons (Fsp3) is 0.409. The van der Waals surface area contributed by atoms with Crippen molar-refractivity contribution in [2.45, 2.75) is 26.3 Å². The third kappa shape index (κ3) is 8.08. The number of guanidine groups is 1. The van der Waals surface area contributed by atoms with E-state index >= 15 is 0 Å². The number of nitrogens with zero attached hydrogens (tertiary/aromatic N) is 2. The first-order chi connectivity index (χ1) is 14.6. The monoisotopic (exact) mass is 414 g/mol. The maximum Gasteiger partial charge on any atom is 0.269 e. The van der Waals surface area contributed by atoms with Crippen LogP contribution in [0.2, 0.25) is 0 Å². The van der Waals surface area contributed by atoms with Gasteiger partial charge in [0.2, 0.25) is 0 Å². The minimum Gasteiger partial charge on any atom is -0.496 e. The molecule has 30 heavy (non-hydrogen) atoms. The highest BCUT2D eigenvalue weighted by Gasteiger charge is 2.05. The molecule has 0 saturated heterocycles. The van der Waals surface area contributed by atoms with Crippen molar-refractivity contribution < 1.29 is 14.4 Å². The van der Waals surface area contributed by atoms with Crippen LogP contribution in [0.25, 0.3) is 0 Å². The van der Waals surface area contributed by atoms with Gasteiger partial charge in [-0.3, -0.25) is 10.1 Å². The van der Waals surface area contributed by atoms with Crippen LogP contribution in [0.4, 0.5) is 5.69 Å². The zero-order chi connectivity index (χ0) is 21.6. The van der Waals surface area contributed by atoms with Crippen LogP contribution in [0.15, 0.2) is 53.5 Å². The van der Waals surface area contributed by atoms with E-state index in [9.17, 15) is 10.1 Å². The first kappa shape index (κ1) is 23.2. The number of ether oxygens (including phenoxy) is 2. The fourth-order valence-corrected chi connectivity index (χ4v) is 2.82. The van der Waals surface area contributed by atoms with E-state index in [-0.39, 0.29) is 5.69 Å². The largest absolute Gasteiger partial charge is 0.496 e. The van der Waals surface area contributed by atoms with Crippen LogP contribution >= 0.6 is 0 Å². The highest BCUT2D eigenvalue weighted by molar-refractivity contribution is 5.79. The van der Waals surface area contributed by atoms with Crippen molar-refractivity contribution in [1.82, 2.24) is 10.6 Å². The third-order valence-corrected chi connectivity index (χ3v) is 4.41. The Morgan fingerprint density at radius 3 is 2.53 bits per heavy atom. The van der Waals surface area contributed by atoms with E-state index in [0.29, 0.717) is 32.3 Å². The topological polar surface area (TPSA) is 98.0 Å². The Labute approximate surface area is 177 Å². The van der Waals surface area contributed by atoms with Crippen LogP contribution < -0.4 is 15.4 Å². The molecular weight excluding hydrogens is 384 g/mol. The normalized spacial score (nSPS) is 11.2. The molecule has 162 valence electrons. The van der Waals surface area contributed by atoms with Gasteiger partial charge in [-0.1, -0.05) is 30.3 Å². The van der Waals surface area contributed by atoms with Gasteiger partial charge in [0.1, 0.15) is 5.75 Å². The number of hydrogen-bond donors (Lipinski definition) is 2. The molecule has 0 atom stereocenters. The zero-order valence-corrected chi connectivity index (χ0v) is 17.6. The van der Waals surface area contributed by atoms with Gasteiger partial charge in [0.25, 0.3) is 5.69 Å². The summed E-state index contributed by atoms with van der Waals surface area (Å²) in [6.45, 7) is 5.23. The van der Waals surface area contributed by atoms with Crippen molar-refractivity contribution in [3.8, 4) is 5.75 Å². The van der Waals surface area contributed by atoms with E-state index in [1.807, 2.05) is 31.2 Å². The van der Waals surface area contributed by atoms with Crippen molar-refractivity contribution in [2.75, 3.05) is 33.4 Å². The van der Waals surface area contributed by atoms with Crippen LogP contribution in [0.3, 0.4) is 0 Å². The lowest BCUT2D eigenvalue weighted by Gasteiger charge is -2.14. The SMILES string of the molecule is CCOCCCNC(=NCc1ccc([N+](=O)[O-])cc1)NCCc1ccccc1OC. The Morgan fingerprint density at radius 2 is 1.83 bits per heavy atom. The molecule has 0 fully saturated rings. The van der Waals surface area contributed by atoms with Gasteiger partial charge in [-0.15, -0.1) is 0 Å². The molecule has 0 amide bonds. The molecule has 0 aliphatic heterocycles. The van der Waals surface area contributed by atoms with E-state index in [1.165, 1.54) is 12.1 Å². The Bertz CT molecular complexity index is 809. The van der Waals surface area contributed by atoms with Gasteiger partial charge in [-0.2, -0.15) is 0 Å². The van der Waals surface area contributed by atoms with Crippen molar-refractivity contribution in [1.29, 1.82) is 0 Å². The van der Waals surface area contributed by atoms with Gasteiger partial charge >= 0.3 is 0 Å². The van der Waals surface area contributed by atoms with Crippen molar-refractivity contribution in [3.63, 3.8) is 0 Å². The molecule has 2 aromatic carbocycles. The summed E-state index contributed by atoms with van der Waals surface area (Å²) < 4.78 is 10.8. The molecule has 0 radical (unpaired) electrons. The molecule has 0 heterocycles. The van der Waals surface area contributed by atoms with E-state index in [4.69, 9.17) is 9.47 Å². The molecule has 2 N–H and O–H groups in total. The highest BCUT2D eigenvalue weighted by Crippen LogP contribution is 2.17. The lowest BCUT2D eigenvalue weighted by Crippen LogP contribution is -2.39. The Hall–Kier alpha value is -3.13. The Kier molecular flexibility index (Phi) is 10.2. The van der Waals surface area contributed by atoms with Gasteiger partial charge in [-0.05, 0) is 37.0 Å².